The van der Waals surface area contributed by atoms with E-state index in [1.807, 2.05) is 4.90 Å². The van der Waals surface area contributed by atoms with Crippen LogP contribution >= 0.6 is 0 Å². The highest BCUT2D eigenvalue weighted by molar-refractivity contribution is 5.85. The van der Waals surface area contributed by atoms with Crippen LogP contribution in [0.5, 0.6) is 0 Å². The highest BCUT2D eigenvalue weighted by Crippen LogP contribution is 2.32. The molecule has 3 fully saturated rings. The molecule has 3 aliphatic rings. The number of carbonyl (C=O) groups excluding carboxylic acids is 1. The number of hydrogen-bond donors (Lipinski definition) is 0. The summed E-state index contributed by atoms with van der Waals surface area (Å²) in [7, 11) is 0. The molecule has 2 heterocycles. The summed E-state index contributed by atoms with van der Waals surface area (Å²) in [5.74, 6) is -0.146. The lowest BCUT2D eigenvalue weighted by molar-refractivity contribution is -0.187. The number of amides is 1. The average molecular weight is 395 g/mol. The largest absolute Gasteiger partial charge is 0.347 e. The SMILES string of the molecule is O=C(CCN(Cc1cccc2ccccc12)C1CC1)N1CCC2(CC1)OCCO2. The Morgan fingerprint density at radius 3 is 2.52 bits per heavy atom. The minimum Gasteiger partial charge on any atom is -0.347 e. The smallest absolute Gasteiger partial charge is 0.223 e. The molecule has 0 N–H and O–H groups in total. The molecule has 1 amide bonds. The molecule has 1 aliphatic carbocycles. The van der Waals surface area contributed by atoms with Crippen LogP contribution in [0.3, 0.4) is 0 Å². The fraction of sp³-hybridized carbons (Fsp3) is 0.542. The molecule has 1 spiro atoms. The predicted octanol–water partition coefficient (Wildman–Crippen LogP) is 3.56. The van der Waals surface area contributed by atoms with Crippen molar-refractivity contribution < 1.29 is 14.3 Å². The summed E-state index contributed by atoms with van der Waals surface area (Å²) in [4.78, 5) is 17.3. The van der Waals surface area contributed by atoms with Crippen molar-refractivity contribution in [2.24, 2.45) is 0 Å². The Hall–Kier alpha value is -1.95. The number of carbonyl (C=O) groups is 1. The van der Waals surface area contributed by atoms with Gasteiger partial charge in [0.05, 0.1) is 13.2 Å². The highest BCUT2D eigenvalue weighted by Gasteiger charge is 2.40. The lowest BCUT2D eigenvalue weighted by Crippen LogP contribution is -2.47. The second-order valence-corrected chi connectivity index (χ2v) is 8.58. The first kappa shape index (κ1) is 19.0. The maximum Gasteiger partial charge on any atom is 0.223 e. The van der Waals surface area contributed by atoms with Gasteiger partial charge >= 0.3 is 0 Å². The minimum atomic E-state index is -0.412. The van der Waals surface area contributed by atoms with E-state index in [9.17, 15) is 4.79 Å². The van der Waals surface area contributed by atoms with Gasteiger partial charge in [-0.15, -0.1) is 0 Å². The van der Waals surface area contributed by atoms with E-state index in [0.717, 1.165) is 39.0 Å². The van der Waals surface area contributed by atoms with Gasteiger partial charge in [0.1, 0.15) is 0 Å². The van der Waals surface area contributed by atoms with Crippen molar-refractivity contribution in [2.75, 3.05) is 32.8 Å². The normalized spacial score (nSPS) is 21.3. The van der Waals surface area contributed by atoms with Gasteiger partial charge in [-0.1, -0.05) is 42.5 Å². The molecule has 0 bridgehead atoms. The molecule has 0 atom stereocenters. The van der Waals surface area contributed by atoms with Gasteiger partial charge in [-0.2, -0.15) is 0 Å². The number of likely N-dealkylation sites (tertiary alicyclic amines) is 1. The second kappa shape index (κ2) is 8.05. The average Bonchev–Trinajstić information content (AvgIpc) is 3.51. The van der Waals surface area contributed by atoms with Crippen LogP contribution in [0.1, 0.15) is 37.7 Å². The summed E-state index contributed by atoms with van der Waals surface area (Å²) >= 11 is 0. The van der Waals surface area contributed by atoms with Crippen LogP contribution < -0.4 is 0 Å². The molecule has 2 aliphatic heterocycles. The first-order chi connectivity index (χ1) is 14.2. The van der Waals surface area contributed by atoms with Crippen LogP contribution in [0.4, 0.5) is 0 Å². The first-order valence-corrected chi connectivity index (χ1v) is 11.0. The fourth-order valence-corrected chi connectivity index (χ4v) is 4.76. The summed E-state index contributed by atoms with van der Waals surface area (Å²) in [6.07, 6.45) is 4.68. The molecule has 1 saturated carbocycles. The van der Waals surface area contributed by atoms with Crippen LogP contribution in [0, 0.1) is 0 Å². The Morgan fingerprint density at radius 2 is 1.76 bits per heavy atom. The maximum atomic E-state index is 12.8. The highest BCUT2D eigenvalue weighted by atomic mass is 16.7. The maximum absolute atomic E-state index is 12.8. The van der Waals surface area contributed by atoms with Crippen LogP contribution in [0.25, 0.3) is 10.8 Å². The van der Waals surface area contributed by atoms with E-state index in [1.54, 1.807) is 0 Å². The Kier molecular flexibility index (Phi) is 5.29. The van der Waals surface area contributed by atoms with Crippen LogP contribution in [-0.2, 0) is 20.8 Å². The Morgan fingerprint density at radius 1 is 1.03 bits per heavy atom. The third kappa shape index (κ3) is 4.18. The number of fused-ring (bicyclic) bond motifs is 1. The molecule has 2 saturated heterocycles. The monoisotopic (exact) mass is 394 g/mol. The molecule has 154 valence electrons. The molecular formula is C24H30N2O3. The van der Waals surface area contributed by atoms with Gasteiger partial charge in [0.15, 0.2) is 5.79 Å². The van der Waals surface area contributed by atoms with Crippen molar-refractivity contribution in [2.45, 2.75) is 50.5 Å². The van der Waals surface area contributed by atoms with Gasteiger partial charge in [0.2, 0.25) is 5.91 Å². The zero-order valence-corrected chi connectivity index (χ0v) is 17.0. The molecule has 5 rings (SSSR count). The predicted molar refractivity (Wildman–Crippen MR) is 112 cm³/mol. The lowest BCUT2D eigenvalue weighted by Gasteiger charge is -2.37. The fourth-order valence-electron chi connectivity index (χ4n) is 4.76. The zero-order chi connectivity index (χ0) is 19.7. The van der Waals surface area contributed by atoms with Crippen molar-refractivity contribution in [3.63, 3.8) is 0 Å². The third-order valence-electron chi connectivity index (χ3n) is 6.62. The topological polar surface area (TPSA) is 42.0 Å². The Bertz CT molecular complexity index is 858. The summed E-state index contributed by atoms with van der Waals surface area (Å²) in [6.45, 7) is 4.60. The van der Waals surface area contributed by atoms with E-state index < -0.39 is 5.79 Å². The van der Waals surface area contributed by atoms with Crippen LogP contribution in [0.15, 0.2) is 42.5 Å². The van der Waals surface area contributed by atoms with Gasteiger partial charge in [0, 0.05) is 51.5 Å². The Labute approximate surface area is 172 Å². The summed E-state index contributed by atoms with van der Waals surface area (Å²) in [5.41, 5.74) is 1.36. The first-order valence-electron chi connectivity index (χ1n) is 11.0. The van der Waals surface area contributed by atoms with E-state index in [4.69, 9.17) is 9.47 Å². The van der Waals surface area contributed by atoms with Gasteiger partial charge < -0.3 is 14.4 Å². The quantitative estimate of drug-likeness (QED) is 0.751. The number of nitrogens with zero attached hydrogens (tertiary/aromatic N) is 2. The van der Waals surface area contributed by atoms with Crippen LogP contribution in [0.2, 0.25) is 0 Å². The standard InChI is InChI=1S/C24H30N2O3/c27-23(25-14-11-24(12-15-25)28-16-17-29-24)10-13-26(21-8-9-21)18-20-6-3-5-19-4-1-2-7-22(19)20/h1-7,21H,8-18H2. The van der Waals surface area contributed by atoms with E-state index in [2.05, 4.69) is 47.4 Å². The molecule has 0 radical (unpaired) electrons. The van der Waals surface area contributed by atoms with Crippen molar-refractivity contribution in [1.29, 1.82) is 0 Å². The number of rotatable bonds is 6. The molecular weight excluding hydrogens is 364 g/mol. The molecule has 0 unspecified atom stereocenters. The number of benzene rings is 2. The molecule has 2 aromatic rings. The Balaban J connectivity index is 1.19. The molecule has 5 nitrogen and oxygen atoms in total. The second-order valence-electron chi connectivity index (χ2n) is 8.58. The molecule has 5 heteroatoms. The number of hydrogen-bond acceptors (Lipinski definition) is 4. The van der Waals surface area contributed by atoms with Crippen molar-refractivity contribution >= 4 is 16.7 Å². The van der Waals surface area contributed by atoms with Crippen molar-refractivity contribution in [3.8, 4) is 0 Å². The van der Waals surface area contributed by atoms with E-state index in [-0.39, 0.29) is 5.91 Å². The molecule has 0 aromatic heterocycles. The molecule has 2 aromatic carbocycles. The van der Waals surface area contributed by atoms with Gasteiger partial charge in [-0.05, 0) is 29.2 Å². The zero-order valence-electron chi connectivity index (χ0n) is 17.0. The van der Waals surface area contributed by atoms with Crippen LogP contribution in [-0.4, -0.2) is 60.4 Å². The molecule has 29 heavy (non-hydrogen) atoms. The van der Waals surface area contributed by atoms with E-state index in [1.165, 1.54) is 29.2 Å². The minimum absolute atomic E-state index is 0.265. The van der Waals surface area contributed by atoms with E-state index >= 15 is 0 Å². The number of ether oxygens (including phenoxy) is 2. The van der Waals surface area contributed by atoms with Gasteiger partial charge in [0.25, 0.3) is 0 Å². The summed E-state index contributed by atoms with van der Waals surface area (Å²) in [5, 5.41) is 2.61. The van der Waals surface area contributed by atoms with E-state index in [0.29, 0.717) is 25.7 Å². The van der Waals surface area contributed by atoms with Crippen molar-refractivity contribution in [1.82, 2.24) is 9.80 Å². The summed E-state index contributed by atoms with van der Waals surface area (Å²) < 4.78 is 11.6. The third-order valence-corrected chi connectivity index (χ3v) is 6.62. The summed E-state index contributed by atoms with van der Waals surface area (Å²) in [6, 6.07) is 15.8. The van der Waals surface area contributed by atoms with Crippen molar-refractivity contribution in [3.05, 3.63) is 48.0 Å². The lowest BCUT2D eigenvalue weighted by atomic mass is 10.0. The van der Waals surface area contributed by atoms with Gasteiger partial charge in [-0.25, -0.2) is 0 Å². The number of piperidine rings is 1. The van der Waals surface area contributed by atoms with Gasteiger partial charge in [-0.3, -0.25) is 9.69 Å².